The Morgan fingerprint density at radius 3 is 2.88 bits per heavy atom. The number of methoxy groups -OCH3 is 1. The molecule has 2 rings (SSSR count). The maximum atomic E-state index is 8.98. The summed E-state index contributed by atoms with van der Waals surface area (Å²) in [6.07, 6.45) is 1.19. The van der Waals surface area contributed by atoms with E-state index in [2.05, 4.69) is 18.0 Å². The largest absolute Gasteiger partial charge is 0.492 e. The maximum Gasteiger partial charge on any atom is 0.178 e. The smallest absolute Gasteiger partial charge is 0.178 e. The molecule has 17 heavy (non-hydrogen) atoms. The zero-order valence-electron chi connectivity index (χ0n) is 10.1. The molecule has 1 aromatic carbocycles. The molecular weight excluding hydrogens is 216 g/mol. The first-order valence-corrected chi connectivity index (χ1v) is 5.67. The third kappa shape index (κ3) is 2.51. The van der Waals surface area contributed by atoms with Gasteiger partial charge in [-0.25, -0.2) is 0 Å². The van der Waals surface area contributed by atoms with Crippen molar-refractivity contribution in [2.24, 2.45) is 0 Å². The van der Waals surface area contributed by atoms with Gasteiger partial charge in [-0.3, -0.25) is 0 Å². The monoisotopic (exact) mass is 232 g/mol. The molecule has 0 aromatic heterocycles. The lowest BCUT2D eigenvalue weighted by atomic mass is 10.2. The third-order valence-corrected chi connectivity index (χ3v) is 2.95. The second kappa shape index (κ2) is 5.07. The number of hydrogen-bond donors (Lipinski definition) is 0. The van der Waals surface area contributed by atoms with Gasteiger partial charge >= 0.3 is 0 Å². The van der Waals surface area contributed by atoms with Crippen molar-refractivity contribution >= 4 is 0 Å². The van der Waals surface area contributed by atoms with E-state index < -0.39 is 0 Å². The van der Waals surface area contributed by atoms with E-state index in [0.717, 1.165) is 19.5 Å². The molecule has 1 aliphatic heterocycles. The molecule has 90 valence electrons. The van der Waals surface area contributed by atoms with E-state index >= 15 is 0 Å². The van der Waals surface area contributed by atoms with Gasteiger partial charge in [0, 0.05) is 13.1 Å². The predicted molar refractivity (Wildman–Crippen MR) is 64.2 cm³/mol. The van der Waals surface area contributed by atoms with Crippen molar-refractivity contribution in [3.63, 3.8) is 0 Å². The lowest BCUT2D eigenvalue weighted by Gasteiger charge is -2.16. The van der Waals surface area contributed by atoms with E-state index in [1.807, 2.05) is 12.1 Å². The average Bonchev–Trinajstić information content (AvgIpc) is 2.74. The number of hydrogen-bond acceptors (Lipinski definition) is 4. The number of para-hydroxylation sites is 1. The number of benzene rings is 1. The van der Waals surface area contributed by atoms with Crippen LogP contribution in [0.15, 0.2) is 18.2 Å². The van der Waals surface area contributed by atoms with Crippen LogP contribution in [0.2, 0.25) is 0 Å². The summed E-state index contributed by atoms with van der Waals surface area (Å²) >= 11 is 0. The van der Waals surface area contributed by atoms with Gasteiger partial charge in [0.2, 0.25) is 0 Å². The molecule has 4 nitrogen and oxygen atoms in total. The van der Waals surface area contributed by atoms with Crippen molar-refractivity contribution in [3.8, 4) is 17.6 Å². The first kappa shape index (κ1) is 11.7. The Hall–Kier alpha value is -1.73. The van der Waals surface area contributed by atoms with E-state index in [4.69, 9.17) is 14.7 Å². The highest BCUT2D eigenvalue weighted by molar-refractivity contribution is 5.52. The molecule has 1 saturated heterocycles. The molecule has 0 aliphatic carbocycles. The third-order valence-electron chi connectivity index (χ3n) is 2.95. The molecule has 0 radical (unpaired) electrons. The number of rotatable bonds is 3. The van der Waals surface area contributed by atoms with Gasteiger partial charge in [-0.15, -0.1) is 0 Å². The molecule has 1 unspecified atom stereocenters. The van der Waals surface area contributed by atoms with Gasteiger partial charge in [0.1, 0.15) is 12.2 Å². The fraction of sp³-hybridized carbons (Fsp3) is 0.462. The predicted octanol–water partition coefficient (Wildman–Crippen LogP) is 1.65. The Labute approximate surface area is 101 Å². The normalized spacial score (nSPS) is 19.9. The summed E-state index contributed by atoms with van der Waals surface area (Å²) in [5, 5.41) is 8.98. The highest BCUT2D eigenvalue weighted by Gasteiger charge is 2.22. The lowest BCUT2D eigenvalue weighted by molar-refractivity contribution is 0.199. The van der Waals surface area contributed by atoms with Gasteiger partial charge in [0.15, 0.2) is 11.5 Å². The highest BCUT2D eigenvalue weighted by atomic mass is 16.5. The van der Waals surface area contributed by atoms with Crippen molar-refractivity contribution in [2.75, 3.05) is 27.2 Å². The van der Waals surface area contributed by atoms with Crippen molar-refractivity contribution in [3.05, 3.63) is 23.8 Å². The number of likely N-dealkylation sites (N-methyl/N-ethyl adjacent to an activating group) is 1. The van der Waals surface area contributed by atoms with Crippen LogP contribution in [-0.4, -0.2) is 38.3 Å². The quantitative estimate of drug-likeness (QED) is 0.795. The Morgan fingerprint density at radius 1 is 1.47 bits per heavy atom. The van der Waals surface area contributed by atoms with Gasteiger partial charge in [-0.1, -0.05) is 6.07 Å². The van der Waals surface area contributed by atoms with Crippen LogP contribution in [-0.2, 0) is 0 Å². The molecule has 1 aromatic rings. The van der Waals surface area contributed by atoms with Crippen LogP contribution < -0.4 is 9.47 Å². The van der Waals surface area contributed by atoms with Gasteiger partial charge in [-0.2, -0.15) is 5.26 Å². The number of nitriles is 1. The number of likely N-dealkylation sites (tertiary alicyclic amines) is 1. The average molecular weight is 232 g/mol. The van der Waals surface area contributed by atoms with Crippen molar-refractivity contribution in [2.45, 2.75) is 12.5 Å². The molecule has 4 heteroatoms. The van der Waals surface area contributed by atoms with E-state index in [1.54, 1.807) is 13.2 Å². The first-order chi connectivity index (χ1) is 8.24. The minimum Gasteiger partial charge on any atom is -0.492 e. The number of ether oxygens (including phenoxy) is 2. The fourth-order valence-electron chi connectivity index (χ4n) is 2.08. The van der Waals surface area contributed by atoms with Gasteiger partial charge in [0.25, 0.3) is 0 Å². The summed E-state index contributed by atoms with van der Waals surface area (Å²) in [5.41, 5.74) is 0.511. The van der Waals surface area contributed by atoms with Crippen molar-refractivity contribution < 1.29 is 9.47 Å². The van der Waals surface area contributed by atoms with Crippen LogP contribution >= 0.6 is 0 Å². The van der Waals surface area contributed by atoms with Crippen LogP contribution in [0.1, 0.15) is 12.0 Å². The standard InChI is InChI=1S/C13H16N2O2/c1-15-7-6-11(9-15)17-12-5-3-4-10(8-14)13(12)16-2/h3-5,11H,6-7,9H2,1-2H3. The van der Waals surface area contributed by atoms with Crippen LogP contribution in [0.4, 0.5) is 0 Å². The SMILES string of the molecule is COc1c(C#N)cccc1OC1CCN(C)C1. The minimum absolute atomic E-state index is 0.183. The molecule has 0 spiro atoms. The molecule has 1 aliphatic rings. The van der Waals surface area contributed by atoms with E-state index in [-0.39, 0.29) is 6.10 Å². The molecule has 0 bridgehead atoms. The van der Waals surface area contributed by atoms with Crippen molar-refractivity contribution in [1.29, 1.82) is 5.26 Å². The Balaban J connectivity index is 2.18. The molecule has 0 saturated carbocycles. The van der Waals surface area contributed by atoms with E-state index in [1.165, 1.54) is 0 Å². The van der Waals surface area contributed by atoms with Gasteiger partial charge < -0.3 is 14.4 Å². The van der Waals surface area contributed by atoms with Crippen LogP contribution in [0.25, 0.3) is 0 Å². The molecular formula is C13H16N2O2. The molecule has 1 atom stereocenters. The van der Waals surface area contributed by atoms with Crippen LogP contribution in [0.5, 0.6) is 11.5 Å². The Kier molecular flexibility index (Phi) is 3.50. The lowest BCUT2D eigenvalue weighted by Crippen LogP contribution is -2.21. The van der Waals surface area contributed by atoms with Gasteiger partial charge in [-0.05, 0) is 25.6 Å². The van der Waals surface area contributed by atoms with Crippen LogP contribution in [0, 0.1) is 11.3 Å². The highest BCUT2D eigenvalue weighted by Crippen LogP contribution is 2.32. The summed E-state index contributed by atoms with van der Waals surface area (Å²) in [7, 11) is 3.64. The topological polar surface area (TPSA) is 45.5 Å². The van der Waals surface area contributed by atoms with Crippen LogP contribution in [0.3, 0.4) is 0 Å². The molecule has 0 N–H and O–H groups in total. The summed E-state index contributed by atoms with van der Waals surface area (Å²) in [6.45, 7) is 1.96. The number of nitrogens with zero attached hydrogens (tertiary/aromatic N) is 2. The van der Waals surface area contributed by atoms with Crippen molar-refractivity contribution in [1.82, 2.24) is 4.90 Å². The molecule has 1 heterocycles. The second-order valence-corrected chi connectivity index (χ2v) is 4.24. The summed E-state index contributed by atoms with van der Waals surface area (Å²) in [4.78, 5) is 2.23. The Morgan fingerprint density at radius 2 is 2.29 bits per heavy atom. The zero-order chi connectivity index (χ0) is 12.3. The maximum absolute atomic E-state index is 8.98. The first-order valence-electron chi connectivity index (χ1n) is 5.67. The summed E-state index contributed by atoms with van der Waals surface area (Å²) in [6, 6.07) is 7.49. The van der Waals surface area contributed by atoms with Gasteiger partial charge in [0.05, 0.1) is 12.7 Å². The van der Waals surface area contributed by atoms with E-state index in [9.17, 15) is 0 Å². The fourth-order valence-corrected chi connectivity index (χ4v) is 2.08. The molecule has 1 fully saturated rings. The Bertz CT molecular complexity index is 440. The van der Waals surface area contributed by atoms with E-state index in [0.29, 0.717) is 17.1 Å². The summed E-state index contributed by atoms with van der Waals surface area (Å²) in [5.74, 6) is 1.19. The minimum atomic E-state index is 0.183. The summed E-state index contributed by atoms with van der Waals surface area (Å²) < 4.78 is 11.1. The zero-order valence-corrected chi connectivity index (χ0v) is 10.1. The molecule has 0 amide bonds. The second-order valence-electron chi connectivity index (χ2n) is 4.24.